The van der Waals surface area contributed by atoms with Crippen molar-refractivity contribution in [2.75, 3.05) is 4.90 Å². The normalized spacial score (nSPS) is 15.7. The van der Waals surface area contributed by atoms with Crippen LogP contribution in [-0.2, 0) is 4.79 Å². The number of anilines is 1. The third-order valence-corrected chi connectivity index (χ3v) is 7.54. The third-order valence-electron chi connectivity index (χ3n) is 6.33. The molecule has 2 heterocycles. The number of rotatable bonds is 5. The maximum absolute atomic E-state index is 14.0. The fourth-order valence-electron chi connectivity index (χ4n) is 4.54. The van der Waals surface area contributed by atoms with Gasteiger partial charge in [0.2, 0.25) is 5.78 Å². The minimum Gasteiger partial charge on any atom is -0.503 e. The summed E-state index contributed by atoms with van der Waals surface area (Å²) >= 11 is 1.28. The van der Waals surface area contributed by atoms with Crippen molar-refractivity contribution in [1.82, 2.24) is 4.98 Å². The van der Waals surface area contributed by atoms with E-state index in [0.717, 1.165) is 27.3 Å². The molecule has 1 aliphatic rings. The zero-order chi connectivity index (χ0) is 24.7. The van der Waals surface area contributed by atoms with E-state index in [1.165, 1.54) is 16.2 Å². The lowest BCUT2D eigenvalue weighted by Gasteiger charge is -2.29. The summed E-state index contributed by atoms with van der Waals surface area (Å²) in [5, 5.41) is 11.8. The van der Waals surface area contributed by atoms with E-state index in [9.17, 15) is 14.7 Å². The lowest BCUT2D eigenvalue weighted by atomic mass is 9.92. The van der Waals surface area contributed by atoms with E-state index in [2.05, 4.69) is 4.98 Å². The summed E-state index contributed by atoms with van der Waals surface area (Å²) in [6.45, 7) is 5.64. The quantitative estimate of drug-likeness (QED) is 0.330. The Morgan fingerprint density at radius 3 is 2.20 bits per heavy atom. The predicted molar refractivity (Wildman–Crippen MR) is 139 cm³/mol. The van der Waals surface area contributed by atoms with Crippen LogP contribution in [0.1, 0.15) is 38.1 Å². The van der Waals surface area contributed by atoms with Crippen LogP contribution in [0.3, 0.4) is 0 Å². The smallest absolute Gasteiger partial charge is 0.294 e. The molecule has 0 aliphatic carbocycles. The van der Waals surface area contributed by atoms with Crippen molar-refractivity contribution in [2.24, 2.45) is 0 Å². The molecule has 1 unspecified atom stereocenters. The van der Waals surface area contributed by atoms with Crippen molar-refractivity contribution < 1.29 is 14.7 Å². The summed E-state index contributed by atoms with van der Waals surface area (Å²) in [6, 6.07) is 24.0. The van der Waals surface area contributed by atoms with Crippen LogP contribution in [0.4, 0.5) is 5.69 Å². The molecule has 0 saturated carbocycles. The number of aliphatic hydroxyl groups is 1. The van der Waals surface area contributed by atoms with E-state index >= 15 is 0 Å². The first-order chi connectivity index (χ1) is 16.9. The number of benzene rings is 3. The van der Waals surface area contributed by atoms with Gasteiger partial charge in [-0.3, -0.25) is 14.5 Å². The van der Waals surface area contributed by atoms with Gasteiger partial charge in [-0.2, -0.15) is 0 Å². The summed E-state index contributed by atoms with van der Waals surface area (Å²) in [4.78, 5) is 34.0. The monoisotopic (exact) mass is 480 g/mol. The summed E-state index contributed by atoms with van der Waals surface area (Å²) in [5.41, 5.74) is 4.82. The Labute approximate surface area is 208 Å². The van der Waals surface area contributed by atoms with Crippen LogP contribution in [0.15, 0.2) is 90.2 Å². The number of Topliss-reactive ketones (excluding diaryl/α,β-unsaturated/α-hetero) is 1. The highest BCUT2D eigenvalue weighted by molar-refractivity contribution is 7.17. The molecule has 1 aromatic heterocycles. The lowest BCUT2D eigenvalue weighted by molar-refractivity contribution is -0.117. The first-order valence-corrected chi connectivity index (χ1v) is 12.2. The number of amides is 1. The van der Waals surface area contributed by atoms with Gasteiger partial charge in [-0.25, -0.2) is 4.98 Å². The molecule has 1 aliphatic heterocycles. The molecule has 5 nitrogen and oxygen atoms in total. The molecule has 1 amide bonds. The fourth-order valence-corrected chi connectivity index (χ4v) is 5.57. The zero-order valence-corrected chi connectivity index (χ0v) is 20.5. The van der Waals surface area contributed by atoms with E-state index in [1.54, 1.807) is 6.92 Å². The molecule has 174 valence electrons. The van der Waals surface area contributed by atoms with Gasteiger partial charge in [-0.15, -0.1) is 11.3 Å². The first-order valence-electron chi connectivity index (χ1n) is 11.3. The Balaban J connectivity index is 1.67. The maximum Gasteiger partial charge on any atom is 0.294 e. The van der Waals surface area contributed by atoms with Gasteiger partial charge < -0.3 is 5.11 Å². The van der Waals surface area contributed by atoms with Crippen molar-refractivity contribution in [2.45, 2.75) is 26.8 Å². The average Bonchev–Trinajstić information content (AvgIpc) is 3.37. The highest BCUT2D eigenvalue weighted by atomic mass is 32.1. The molecule has 0 saturated heterocycles. The van der Waals surface area contributed by atoms with Gasteiger partial charge in [-0.1, -0.05) is 72.8 Å². The number of ketones is 1. The van der Waals surface area contributed by atoms with Crippen LogP contribution >= 0.6 is 11.3 Å². The molecule has 0 bridgehead atoms. The summed E-state index contributed by atoms with van der Waals surface area (Å²) < 4.78 is 0. The summed E-state index contributed by atoms with van der Waals surface area (Å²) in [5.74, 6) is -1.47. The number of thiazole rings is 1. The average molecular weight is 481 g/mol. The van der Waals surface area contributed by atoms with Gasteiger partial charge in [-0.05, 0) is 43.5 Å². The Bertz CT molecular complexity index is 1490. The number of aliphatic hydroxyl groups excluding tert-OH is 1. The Morgan fingerprint density at radius 1 is 0.886 bits per heavy atom. The number of hydrogen-bond acceptors (Lipinski definition) is 5. The van der Waals surface area contributed by atoms with Crippen molar-refractivity contribution in [3.8, 4) is 10.6 Å². The van der Waals surface area contributed by atoms with Crippen molar-refractivity contribution in [1.29, 1.82) is 0 Å². The van der Waals surface area contributed by atoms with Crippen molar-refractivity contribution >= 4 is 28.7 Å². The molecule has 1 N–H and O–H groups in total. The Hall–Kier alpha value is -4.03. The number of aromatic nitrogens is 1. The lowest BCUT2D eigenvalue weighted by Crippen LogP contribution is -2.32. The Morgan fingerprint density at radius 2 is 1.51 bits per heavy atom. The van der Waals surface area contributed by atoms with E-state index < -0.39 is 17.7 Å². The van der Waals surface area contributed by atoms with E-state index in [0.29, 0.717) is 16.3 Å². The van der Waals surface area contributed by atoms with Crippen molar-refractivity contribution in [3.05, 3.63) is 117 Å². The minimum absolute atomic E-state index is 0.0823. The molecular weight excluding hydrogens is 456 g/mol. The van der Waals surface area contributed by atoms with Gasteiger partial charge >= 0.3 is 0 Å². The van der Waals surface area contributed by atoms with E-state index in [1.807, 2.05) is 92.7 Å². The fraction of sp³-hybridized carbons (Fsp3) is 0.138. The third kappa shape index (κ3) is 3.86. The molecule has 0 spiro atoms. The van der Waals surface area contributed by atoms with Gasteiger partial charge in [0.15, 0.2) is 5.76 Å². The summed E-state index contributed by atoms with van der Waals surface area (Å²) in [6.07, 6.45) is 0. The van der Waals surface area contributed by atoms with Gasteiger partial charge in [0.25, 0.3) is 5.91 Å². The van der Waals surface area contributed by atoms with Crippen LogP contribution in [0.5, 0.6) is 0 Å². The Kier molecular flexibility index (Phi) is 5.83. The van der Waals surface area contributed by atoms with E-state index in [4.69, 9.17) is 0 Å². The SMILES string of the molecule is Cc1ccccc1C1C(C(=O)c2sc(-c3ccccc3)nc2C)=C(O)C(=O)N1c1ccccc1C. The second kappa shape index (κ2) is 8.96. The standard InChI is InChI=1S/C29H24N2O3S/c1-17-11-7-9-15-21(17)24-23(26(33)29(34)31(24)22-16-10-8-12-18(22)2)25(32)27-19(3)30-28(35-27)20-13-5-4-6-14-20/h4-16,24,33H,1-3H3. The number of hydrogen-bond donors (Lipinski definition) is 1. The van der Waals surface area contributed by atoms with Crippen LogP contribution in [0.25, 0.3) is 10.6 Å². The molecule has 5 rings (SSSR count). The predicted octanol–water partition coefficient (Wildman–Crippen LogP) is 6.52. The van der Waals surface area contributed by atoms with Crippen LogP contribution < -0.4 is 4.90 Å². The highest BCUT2D eigenvalue weighted by Gasteiger charge is 2.46. The summed E-state index contributed by atoms with van der Waals surface area (Å²) in [7, 11) is 0. The number of para-hydroxylation sites is 1. The molecule has 1 atom stereocenters. The zero-order valence-electron chi connectivity index (χ0n) is 19.6. The second-order valence-electron chi connectivity index (χ2n) is 8.61. The van der Waals surface area contributed by atoms with Gasteiger partial charge in [0.1, 0.15) is 5.01 Å². The highest BCUT2D eigenvalue weighted by Crippen LogP contribution is 2.44. The van der Waals surface area contributed by atoms with Crippen LogP contribution in [0, 0.1) is 20.8 Å². The largest absolute Gasteiger partial charge is 0.503 e. The second-order valence-corrected chi connectivity index (χ2v) is 9.61. The van der Waals surface area contributed by atoms with Gasteiger partial charge in [0, 0.05) is 11.3 Å². The molecule has 0 fully saturated rings. The maximum atomic E-state index is 14.0. The molecule has 0 radical (unpaired) electrons. The number of nitrogens with zero attached hydrogens (tertiary/aromatic N) is 2. The number of carbonyl (C=O) groups is 2. The topological polar surface area (TPSA) is 70.5 Å². The van der Waals surface area contributed by atoms with E-state index in [-0.39, 0.29) is 11.4 Å². The molecular formula is C29H24N2O3S. The molecule has 4 aromatic rings. The first kappa shape index (κ1) is 22.7. The molecule has 6 heteroatoms. The number of carbonyl (C=O) groups excluding carboxylic acids is 2. The van der Waals surface area contributed by atoms with Crippen molar-refractivity contribution in [3.63, 3.8) is 0 Å². The van der Waals surface area contributed by atoms with Crippen LogP contribution in [0.2, 0.25) is 0 Å². The molecule has 3 aromatic carbocycles. The molecule has 35 heavy (non-hydrogen) atoms. The van der Waals surface area contributed by atoms with Crippen LogP contribution in [-0.4, -0.2) is 21.8 Å². The van der Waals surface area contributed by atoms with Gasteiger partial charge in [0.05, 0.1) is 22.2 Å². The number of aryl methyl sites for hydroxylation is 3. The minimum atomic E-state index is -0.751.